The van der Waals surface area contributed by atoms with Crippen LogP contribution in [0.3, 0.4) is 0 Å². The van der Waals surface area contributed by atoms with Crippen LogP contribution in [0.15, 0.2) is 30.3 Å². The highest BCUT2D eigenvalue weighted by atomic mass is 16.5. The lowest BCUT2D eigenvalue weighted by Crippen LogP contribution is -3.18. The lowest BCUT2D eigenvalue weighted by Gasteiger charge is -2.41. The second kappa shape index (κ2) is 7.96. The van der Waals surface area contributed by atoms with Crippen LogP contribution < -0.4 is 4.90 Å². The molecule has 0 aliphatic carbocycles. The van der Waals surface area contributed by atoms with Crippen molar-refractivity contribution >= 4 is 5.97 Å². The number of hydrogen-bond acceptors (Lipinski definition) is 2. The molecule has 23 heavy (non-hydrogen) atoms. The van der Waals surface area contributed by atoms with Gasteiger partial charge in [-0.2, -0.15) is 0 Å². The second-order valence-electron chi connectivity index (χ2n) is 7.36. The van der Waals surface area contributed by atoms with Crippen LogP contribution in [0, 0.1) is 5.92 Å². The van der Waals surface area contributed by atoms with Gasteiger partial charge >= 0.3 is 5.97 Å². The Hall–Kier alpha value is -1.35. The Bertz CT molecular complexity index is 500. The molecule has 1 aromatic rings. The van der Waals surface area contributed by atoms with Crippen molar-refractivity contribution in [2.45, 2.75) is 57.4 Å². The molecule has 0 amide bonds. The number of ether oxygens (including phenoxy) is 1. The molecule has 2 aliphatic rings. The molecular weight excluding hydrogens is 286 g/mol. The summed E-state index contributed by atoms with van der Waals surface area (Å²) in [5.41, 5.74) is 1.21. The van der Waals surface area contributed by atoms with Crippen molar-refractivity contribution in [3.05, 3.63) is 35.9 Å². The Balaban J connectivity index is 1.46. The predicted molar refractivity (Wildman–Crippen MR) is 91.5 cm³/mol. The first-order chi connectivity index (χ1) is 11.2. The highest BCUT2D eigenvalue weighted by Gasteiger charge is 2.37. The van der Waals surface area contributed by atoms with E-state index in [2.05, 4.69) is 19.1 Å². The zero-order valence-corrected chi connectivity index (χ0v) is 14.3. The van der Waals surface area contributed by atoms with Crippen molar-refractivity contribution in [1.82, 2.24) is 0 Å². The fourth-order valence-corrected chi connectivity index (χ4v) is 4.39. The Morgan fingerprint density at radius 3 is 2.78 bits per heavy atom. The van der Waals surface area contributed by atoms with Gasteiger partial charge in [-0.3, -0.25) is 4.79 Å². The normalized spacial score (nSPS) is 28.7. The van der Waals surface area contributed by atoms with Crippen LogP contribution in [0.4, 0.5) is 0 Å². The van der Waals surface area contributed by atoms with Gasteiger partial charge in [0.05, 0.1) is 32.2 Å². The van der Waals surface area contributed by atoms with Gasteiger partial charge in [0.25, 0.3) is 0 Å². The molecule has 1 N–H and O–H groups in total. The minimum absolute atomic E-state index is 0.0377. The largest absolute Gasteiger partial charge is 0.465 e. The fourth-order valence-electron chi connectivity index (χ4n) is 4.39. The molecule has 0 aromatic heterocycles. The van der Waals surface area contributed by atoms with Gasteiger partial charge in [0.2, 0.25) is 0 Å². The number of benzene rings is 1. The number of carbonyl (C=O) groups is 1. The van der Waals surface area contributed by atoms with Crippen molar-refractivity contribution < 1.29 is 14.4 Å². The molecule has 0 bridgehead atoms. The number of hydrogen-bond donors (Lipinski definition) is 1. The molecular formula is C20H30NO2+. The summed E-state index contributed by atoms with van der Waals surface area (Å²) in [6.07, 6.45) is 7.04. The van der Waals surface area contributed by atoms with E-state index in [1.165, 1.54) is 50.8 Å². The number of fused-ring (bicyclic) bond motifs is 1. The van der Waals surface area contributed by atoms with E-state index in [-0.39, 0.29) is 11.9 Å². The minimum atomic E-state index is -0.0377. The summed E-state index contributed by atoms with van der Waals surface area (Å²) in [5.74, 6) is 0.770. The maximum absolute atomic E-state index is 12.2. The summed E-state index contributed by atoms with van der Waals surface area (Å²) in [7, 11) is 0. The molecule has 2 aliphatic heterocycles. The van der Waals surface area contributed by atoms with Crippen LogP contribution in [-0.4, -0.2) is 31.7 Å². The third-order valence-corrected chi connectivity index (χ3v) is 5.73. The van der Waals surface area contributed by atoms with Crippen molar-refractivity contribution in [3.63, 3.8) is 0 Å². The van der Waals surface area contributed by atoms with E-state index in [1.807, 2.05) is 18.2 Å². The molecule has 4 atom stereocenters. The number of rotatable bonds is 5. The second-order valence-corrected chi connectivity index (χ2v) is 7.36. The summed E-state index contributed by atoms with van der Waals surface area (Å²) in [5, 5.41) is 0. The van der Waals surface area contributed by atoms with Gasteiger partial charge in [0.1, 0.15) is 0 Å². The van der Waals surface area contributed by atoms with Crippen LogP contribution in [0.25, 0.3) is 0 Å². The number of piperidine rings is 2. The van der Waals surface area contributed by atoms with Gasteiger partial charge in [-0.15, -0.1) is 0 Å². The number of carbonyl (C=O) groups excluding carboxylic acids is 1. The van der Waals surface area contributed by atoms with Gasteiger partial charge in [-0.05, 0) is 43.6 Å². The first kappa shape index (κ1) is 16.5. The van der Waals surface area contributed by atoms with Crippen LogP contribution in [0.2, 0.25) is 0 Å². The highest BCUT2D eigenvalue weighted by molar-refractivity contribution is 5.70. The molecule has 2 saturated heterocycles. The Morgan fingerprint density at radius 2 is 1.96 bits per heavy atom. The van der Waals surface area contributed by atoms with Crippen molar-refractivity contribution in [2.24, 2.45) is 5.92 Å². The van der Waals surface area contributed by atoms with Crippen LogP contribution in [0.5, 0.6) is 0 Å². The van der Waals surface area contributed by atoms with Crippen molar-refractivity contribution in [1.29, 1.82) is 0 Å². The molecule has 2 heterocycles. The average molecular weight is 316 g/mol. The quantitative estimate of drug-likeness (QED) is 0.847. The Labute approximate surface area is 140 Å². The van der Waals surface area contributed by atoms with Gasteiger partial charge in [-0.25, -0.2) is 0 Å². The lowest BCUT2D eigenvalue weighted by atomic mass is 9.84. The number of esters is 1. The first-order valence-electron chi connectivity index (χ1n) is 9.29. The molecule has 2 fully saturated rings. The topological polar surface area (TPSA) is 30.7 Å². The summed E-state index contributed by atoms with van der Waals surface area (Å²) >= 11 is 0. The zero-order valence-electron chi connectivity index (χ0n) is 14.3. The Morgan fingerprint density at radius 1 is 1.17 bits per heavy atom. The number of nitrogens with one attached hydrogen (secondary N) is 1. The molecule has 0 spiro atoms. The van der Waals surface area contributed by atoms with Gasteiger partial charge in [0, 0.05) is 5.92 Å². The van der Waals surface area contributed by atoms with E-state index in [0.717, 1.165) is 6.04 Å². The molecule has 1 aromatic carbocycles. The van der Waals surface area contributed by atoms with Gasteiger partial charge in [0.15, 0.2) is 0 Å². The SMILES string of the molecule is C[C@H](CC(=O)OC[C@@H]1CCC[NH+]2CCCC[C@H]12)c1ccccc1. The van der Waals surface area contributed by atoms with Crippen LogP contribution >= 0.6 is 0 Å². The van der Waals surface area contributed by atoms with E-state index >= 15 is 0 Å². The zero-order chi connectivity index (χ0) is 16.1. The van der Waals surface area contributed by atoms with Crippen LogP contribution in [0.1, 0.15) is 56.9 Å². The van der Waals surface area contributed by atoms with E-state index < -0.39 is 0 Å². The highest BCUT2D eigenvalue weighted by Crippen LogP contribution is 2.22. The van der Waals surface area contributed by atoms with E-state index in [1.54, 1.807) is 4.90 Å². The molecule has 1 unspecified atom stereocenters. The standard InChI is InChI=1S/C20H29NO2/c1-16(17-8-3-2-4-9-17)14-20(22)23-15-18-10-7-13-21-12-6-5-11-19(18)21/h2-4,8-9,16,18-19H,5-7,10-15H2,1H3/p+1/t16-,18+,19-/m1/s1. The molecule has 126 valence electrons. The summed E-state index contributed by atoms with van der Waals surface area (Å²) < 4.78 is 5.67. The third kappa shape index (κ3) is 4.35. The molecule has 3 nitrogen and oxygen atoms in total. The van der Waals surface area contributed by atoms with Crippen molar-refractivity contribution in [2.75, 3.05) is 19.7 Å². The average Bonchev–Trinajstić information content (AvgIpc) is 2.60. The molecule has 3 rings (SSSR count). The van der Waals surface area contributed by atoms with Crippen molar-refractivity contribution in [3.8, 4) is 0 Å². The van der Waals surface area contributed by atoms with Gasteiger partial charge < -0.3 is 9.64 Å². The monoisotopic (exact) mass is 316 g/mol. The fraction of sp³-hybridized carbons (Fsp3) is 0.650. The first-order valence-corrected chi connectivity index (χ1v) is 9.29. The van der Waals surface area contributed by atoms with E-state index in [9.17, 15) is 4.79 Å². The van der Waals surface area contributed by atoms with Crippen LogP contribution in [-0.2, 0) is 9.53 Å². The summed E-state index contributed by atoms with van der Waals surface area (Å²) in [6.45, 7) is 5.37. The van der Waals surface area contributed by atoms with Gasteiger partial charge in [-0.1, -0.05) is 37.3 Å². The third-order valence-electron chi connectivity index (χ3n) is 5.73. The molecule has 0 saturated carbocycles. The summed E-state index contributed by atoms with van der Waals surface area (Å²) in [6, 6.07) is 11.0. The molecule has 0 radical (unpaired) electrons. The predicted octanol–water partition coefficient (Wildman–Crippen LogP) is 2.57. The van der Waals surface area contributed by atoms with E-state index in [0.29, 0.717) is 18.9 Å². The minimum Gasteiger partial charge on any atom is -0.465 e. The smallest absolute Gasteiger partial charge is 0.306 e. The lowest BCUT2D eigenvalue weighted by molar-refractivity contribution is -0.940. The maximum atomic E-state index is 12.2. The number of quaternary nitrogens is 1. The summed E-state index contributed by atoms with van der Waals surface area (Å²) in [4.78, 5) is 14.0. The Kier molecular flexibility index (Phi) is 5.71. The van der Waals surface area contributed by atoms with E-state index in [4.69, 9.17) is 4.74 Å². The maximum Gasteiger partial charge on any atom is 0.306 e. The molecule has 3 heteroatoms.